The van der Waals surface area contributed by atoms with Gasteiger partial charge in [0.05, 0.1) is 24.6 Å². The van der Waals surface area contributed by atoms with Crippen molar-refractivity contribution >= 4 is 23.6 Å². The summed E-state index contributed by atoms with van der Waals surface area (Å²) in [6.07, 6.45) is 4.23. The molecule has 0 aliphatic carbocycles. The summed E-state index contributed by atoms with van der Waals surface area (Å²) in [6, 6.07) is 15.4. The fraction of sp³-hybridized carbons (Fsp3) is 0.208. The number of morpholine rings is 1. The highest BCUT2D eigenvalue weighted by Gasteiger charge is 2.15. The average Bonchev–Trinajstić information content (AvgIpc) is 3.31. The van der Waals surface area contributed by atoms with Gasteiger partial charge in [0.15, 0.2) is 6.29 Å². The van der Waals surface area contributed by atoms with Gasteiger partial charge in [-0.2, -0.15) is 5.10 Å². The zero-order valence-electron chi connectivity index (χ0n) is 18.2. The lowest BCUT2D eigenvalue weighted by atomic mass is 10.0. The van der Waals surface area contributed by atoms with Crippen LogP contribution in [0.3, 0.4) is 0 Å². The van der Waals surface area contributed by atoms with Gasteiger partial charge in [-0.15, -0.1) is 0 Å². The molecule has 0 atom stereocenters. The van der Waals surface area contributed by atoms with E-state index in [9.17, 15) is 4.79 Å². The molecule has 0 amide bonds. The third kappa shape index (κ3) is 4.58. The number of carbonyl (C=O) groups is 1. The average molecular weight is 441 g/mol. The van der Waals surface area contributed by atoms with Gasteiger partial charge in [0.1, 0.15) is 12.2 Å². The largest absolute Gasteiger partial charge is 0.378 e. The summed E-state index contributed by atoms with van der Waals surface area (Å²) in [5.41, 5.74) is 4.84. The minimum Gasteiger partial charge on any atom is -0.378 e. The molecule has 1 saturated heterocycles. The lowest BCUT2D eigenvalue weighted by Gasteiger charge is -2.29. The molecular weight excluding hydrogens is 418 g/mol. The Morgan fingerprint density at radius 3 is 2.52 bits per heavy atom. The van der Waals surface area contributed by atoms with Crippen molar-refractivity contribution in [2.45, 2.75) is 6.92 Å². The fourth-order valence-corrected chi connectivity index (χ4v) is 3.75. The number of carbonyl (C=O) groups excluding carboxylic acids is 1. The van der Waals surface area contributed by atoms with Gasteiger partial charge in [-0.25, -0.2) is 19.6 Å². The Morgan fingerprint density at radius 2 is 1.79 bits per heavy atom. The molecule has 5 rings (SSSR count). The van der Waals surface area contributed by atoms with Crippen LogP contribution in [0.5, 0.6) is 0 Å². The van der Waals surface area contributed by atoms with Gasteiger partial charge in [0.2, 0.25) is 5.95 Å². The van der Waals surface area contributed by atoms with E-state index < -0.39 is 0 Å². The van der Waals surface area contributed by atoms with Crippen molar-refractivity contribution in [3.8, 4) is 16.9 Å². The van der Waals surface area contributed by atoms with Crippen molar-refractivity contribution in [3.05, 3.63) is 72.4 Å². The minimum atomic E-state index is 0.450. The number of nitrogens with one attached hydrogen (secondary N) is 1. The maximum atomic E-state index is 11.7. The summed E-state index contributed by atoms with van der Waals surface area (Å²) in [5, 5.41) is 7.55. The quantitative estimate of drug-likeness (QED) is 0.455. The van der Waals surface area contributed by atoms with Crippen LogP contribution in [0.25, 0.3) is 16.9 Å². The molecule has 1 N–H and O–H groups in total. The molecule has 33 heavy (non-hydrogen) atoms. The summed E-state index contributed by atoms with van der Waals surface area (Å²) in [5.74, 6) is 1.17. The molecular formula is C24H23N7O2. The predicted octanol–water partition coefficient (Wildman–Crippen LogP) is 3.43. The summed E-state index contributed by atoms with van der Waals surface area (Å²) >= 11 is 0. The number of aromatic nitrogens is 5. The van der Waals surface area contributed by atoms with Crippen molar-refractivity contribution in [1.82, 2.24) is 24.7 Å². The van der Waals surface area contributed by atoms with Crippen molar-refractivity contribution in [1.29, 1.82) is 0 Å². The predicted molar refractivity (Wildman–Crippen MR) is 125 cm³/mol. The van der Waals surface area contributed by atoms with Crippen LogP contribution in [-0.2, 0) is 4.74 Å². The molecule has 2 aromatic carbocycles. The third-order valence-electron chi connectivity index (χ3n) is 5.47. The van der Waals surface area contributed by atoms with E-state index in [4.69, 9.17) is 4.74 Å². The van der Waals surface area contributed by atoms with Crippen LogP contribution in [0.2, 0.25) is 0 Å². The van der Waals surface area contributed by atoms with Crippen molar-refractivity contribution in [2.24, 2.45) is 0 Å². The molecule has 3 heterocycles. The number of ether oxygens (including phenoxy) is 1. The number of hydrogen-bond donors (Lipinski definition) is 1. The number of rotatable bonds is 6. The molecule has 0 unspecified atom stereocenters. The van der Waals surface area contributed by atoms with Gasteiger partial charge in [-0.05, 0) is 55.5 Å². The molecule has 1 aliphatic rings. The van der Waals surface area contributed by atoms with Crippen LogP contribution in [-0.4, -0.2) is 57.3 Å². The zero-order chi connectivity index (χ0) is 22.6. The Hall–Kier alpha value is -4.11. The topological polar surface area (TPSA) is 98.1 Å². The fourth-order valence-electron chi connectivity index (χ4n) is 3.75. The first-order chi connectivity index (χ1) is 16.2. The van der Waals surface area contributed by atoms with Crippen LogP contribution in [0.4, 0.5) is 17.3 Å². The standard InChI is InChI=1S/C24H23N7O2/c1-17-26-16-31(29-17)20-6-3-19(4-7-20)27-24-25-9-8-23(28-24)22-14-21(5-2-18(22)15-32)30-10-12-33-13-11-30/h2-9,14-16H,10-13H2,1H3,(H,25,27,28). The maximum absolute atomic E-state index is 11.7. The van der Waals surface area contributed by atoms with Gasteiger partial charge in [-0.3, -0.25) is 4.79 Å². The monoisotopic (exact) mass is 441 g/mol. The maximum Gasteiger partial charge on any atom is 0.227 e. The Bertz CT molecular complexity index is 1260. The molecule has 0 spiro atoms. The van der Waals surface area contributed by atoms with E-state index in [2.05, 4.69) is 30.3 Å². The Kier molecular flexibility index (Phi) is 5.77. The lowest BCUT2D eigenvalue weighted by molar-refractivity contribution is 0.112. The van der Waals surface area contributed by atoms with Gasteiger partial charge in [0, 0.05) is 41.8 Å². The molecule has 0 saturated carbocycles. The normalized spacial score (nSPS) is 13.7. The Labute approximate surface area is 191 Å². The Morgan fingerprint density at radius 1 is 1.00 bits per heavy atom. The smallest absolute Gasteiger partial charge is 0.227 e. The third-order valence-corrected chi connectivity index (χ3v) is 5.47. The van der Waals surface area contributed by atoms with E-state index in [1.54, 1.807) is 17.2 Å². The number of anilines is 3. The van der Waals surface area contributed by atoms with Crippen LogP contribution in [0.1, 0.15) is 16.2 Å². The van der Waals surface area contributed by atoms with Crippen LogP contribution in [0.15, 0.2) is 61.1 Å². The molecule has 4 aromatic rings. The summed E-state index contributed by atoms with van der Waals surface area (Å²) in [7, 11) is 0. The molecule has 0 radical (unpaired) electrons. The highest BCUT2D eigenvalue weighted by molar-refractivity contribution is 5.88. The van der Waals surface area contributed by atoms with Crippen molar-refractivity contribution in [3.63, 3.8) is 0 Å². The van der Waals surface area contributed by atoms with E-state index in [1.165, 1.54) is 0 Å². The first-order valence-electron chi connectivity index (χ1n) is 10.7. The van der Waals surface area contributed by atoms with Crippen LogP contribution in [0, 0.1) is 6.92 Å². The molecule has 2 aromatic heterocycles. The highest BCUT2D eigenvalue weighted by atomic mass is 16.5. The summed E-state index contributed by atoms with van der Waals surface area (Å²) in [4.78, 5) is 27.1. The molecule has 1 fully saturated rings. The van der Waals surface area contributed by atoms with E-state index in [1.807, 2.05) is 55.5 Å². The summed E-state index contributed by atoms with van der Waals surface area (Å²) in [6.45, 7) is 4.88. The zero-order valence-corrected chi connectivity index (χ0v) is 18.2. The first-order valence-corrected chi connectivity index (χ1v) is 10.7. The second-order valence-electron chi connectivity index (χ2n) is 7.66. The number of benzene rings is 2. The number of aryl methyl sites for hydroxylation is 1. The van der Waals surface area contributed by atoms with E-state index in [-0.39, 0.29) is 0 Å². The second-order valence-corrected chi connectivity index (χ2v) is 7.66. The molecule has 0 bridgehead atoms. The Balaban J connectivity index is 1.39. The number of hydrogen-bond acceptors (Lipinski definition) is 8. The molecule has 1 aliphatic heterocycles. The van der Waals surface area contributed by atoms with Gasteiger partial charge in [0.25, 0.3) is 0 Å². The van der Waals surface area contributed by atoms with Crippen molar-refractivity contribution in [2.75, 3.05) is 36.5 Å². The van der Waals surface area contributed by atoms with E-state index in [0.717, 1.165) is 47.8 Å². The molecule has 166 valence electrons. The number of aldehydes is 1. The molecule has 9 heteroatoms. The van der Waals surface area contributed by atoms with Gasteiger partial charge in [-0.1, -0.05) is 0 Å². The first kappa shape index (κ1) is 20.8. The SMILES string of the molecule is Cc1ncn(-c2ccc(Nc3nccc(-c4cc(N5CCOCC5)ccc4C=O)n3)cc2)n1. The number of nitrogens with zero attached hydrogens (tertiary/aromatic N) is 6. The highest BCUT2D eigenvalue weighted by Crippen LogP contribution is 2.28. The van der Waals surface area contributed by atoms with Crippen molar-refractivity contribution < 1.29 is 9.53 Å². The lowest BCUT2D eigenvalue weighted by Crippen LogP contribution is -2.36. The van der Waals surface area contributed by atoms with Gasteiger partial charge >= 0.3 is 0 Å². The molecule has 9 nitrogen and oxygen atoms in total. The minimum absolute atomic E-state index is 0.450. The van der Waals surface area contributed by atoms with Crippen LogP contribution < -0.4 is 10.2 Å². The summed E-state index contributed by atoms with van der Waals surface area (Å²) < 4.78 is 7.17. The van der Waals surface area contributed by atoms with E-state index >= 15 is 0 Å². The van der Waals surface area contributed by atoms with Gasteiger partial charge < -0.3 is 15.0 Å². The van der Waals surface area contributed by atoms with Crippen LogP contribution >= 0.6 is 0 Å². The second kappa shape index (κ2) is 9.17. The van der Waals surface area contributed by atoms with E-state index in [0.29, 0.717) is 30.4 Å².